The summed E-state index contributed by atoms with van der Waals surface area (Å²) >= 11 is 1.30. The highest BCUT2D eigenvalue weighted by atomic mass is 32.1. The summed E-state index contributed by atoms with van der Waals surface area (Å²) in [7, 11) is 0. The molecule has 0 saturated heterocycles. The van der Waals surface area contributed by atoms with Crippen molar-refractivity contribution >= 4 is 11.5 Å². The topological polar surface area (TPSA) is 62.7 Å². The van der Waals surface area contributed by atoms with Gasteiger partial charge < -0.3 is 5.73 Å². The van der Waals surface area contributed by atoms with E-state index in [9.17, 15) is 0 Å². The number of nitriles is 1. The third-order valence-corrected chi connectivity index (χ3v) is 2.78. The van der Waals surface area contributed by atoms with Gasteiger partial charge in [0.2, 0.25) is 0 Å². The summed E-state index contributed by atoms with van der Waals surface area (Å²) in [6, 6.07) is 9.92. The zero-order valence-electron chi connectivity index (χ0n) is 7.97. The van der Waals surface area contributed by atoms with E-state index in [1.807, 2.05) is 24.3 Å². The molecule has 0 aliphatic rings. The molecule has 0 amide bonds. The molecule has 1 heterocycles. The van der Waals surface area contributed by atoms with Gasteiger partial charge in [-0.2, -0.15) is 9.64 Å². The number of aromatic nitrogens is 1. The number of rotatable bonds is 2. The second kappa shape index (κ2) is 4.22. The van der Waals surface area contributed by atoms with Crippen LogP contribution in [0, 0.1) is 11.3 Å². The Morgan fingerprint density at radius 1 is 1.33 bits per heavy atom. The van der Waals surface area contributed by atoms with Crippen LogP contribution in [-0.4, -0.2) is 4.37 Å². The molecular formula is C11H9N3S. The fraction of sp³-hybridized carbons (Fsp3) is 0.0909. The quantitative estimate of drug-likeness (QED) is 0.834. The predicted octanol–water partition coefficient (Wildman–Crippen LogP) is 2.14. The van der Waals surface area contributed by atoms with Crippen LogP contribution in [0.1, 0.15) is 11.1 Å². The van der Waals surface area contributed by atoms with Crippen LogP contribution < -0.4 is 5.73 Å². The number of benzene rings is 1. The third kappa shape index (κ3) is 1.89. The van der Waals surface area contributed by atoms with Gasteiger partial charge in [-0.1, -0.05) is 24.3 Å². The summed E-state index contributed by atoms with van der Waals surface area (Å²) in [5.41, 5.74) is 8.93. The molecule has 2 aromatic rings. The Morgan fingerprint density at radius 3 is 2.67 bits per heavy atom. The standard InChI is InChI=1S/C11H9N3S/c12-5-8-1-3-9(4-2-8)11-10(6-13)7-15-14-11/h1-4,7H,5,12H2. The van der Waals surface area contributed by atoms with Crippen molar-refractivity contribution in [3.8, 4) is 17.3 Å². The van der Waals surface area contributed by atoms with Gasteiger partial charge in [-0.3, -0.25) is 0 Å². The monoisotopic (exact) mass is 215 g/mol. The molecule has 0 bridgehead atoms. The normalized spacial score (nSPS) is 9.87. The molecule has 2 rings (SSSR count). The molecule has 0 radical (unpaired) electrons. The zero-order valence-corrected chi connectivity index (χ0v) is 8.79. The number of hydrogen-bond acceptors (Lipinski definition) is 4. The third-order valence-electron chi connectivity index (χ3n) is 2.15. The van der Waals surface area contributed by atoms with E-state index < -0.39 is 0 Å². The molecular weight excluding hydrogens is 206 g/mol. The van der Waals surface area contributed by atoms with Crippen LogP contribution in [0.5, 0.6) is 0 Å². The largest absolute Gasteiger partial charge is 0.326 e. The summed E-state index contributed by atoms with van der Waals surface area (Å²) in [5.74, 6) is 0. The molecule has 3 nitrogen and oxygen atoms in total. The van der Waals surface area contributed by atoms with Crippen molar-refractivity contribution in [1.82, 2.24) is 4.37 Å². The molecule has 4 heteroatoms. The predicted molar refractivity (Wildman–Crippen MR) is 60.2 cm³/mol. The van der Waals surface area contributed by atoms with Gasteiger partial charge in [0.25, 0.3) is 0 Å². The van der Waals surface area contributed by atoms with E-state index in [1.165, 1.54) is 11.5 Å². The molecule has 1 aromatic carbocycles. The zero-order chi connectivity index (χ0) is 10.7. The van der Waals surface area contributed by atoms with Crippen LogP contribution >= 0.6 is 11.5 Å². The van der Waals surface area contributed by atoms with E-state index in [2.05, 4.69) is 10.4 Å². The highest BCUT2D eigenvalue weighted by Crippen LogP contribution is 2.23. The van der Waals surface area contributed by atoms with Crippen LogP contribution in [0.4, 0.5) is 0 Å². The summed E-state index contributed by atoms with van der Waals surface area (Å²) in [5, 5.41) is 10.6. The molecule has 0 spiro atoms. The molecule has 0 aliphatic heterocycles. The molecule has 15 heavy (non-hydrogen) atoms. The number of nitrogens with zero attached hydrogens (tertiary/aromatic N) is 2. The summed E-state index contributed by atoms with van der Waals surface area (Å²) in [6.07, 6.45) is 0. The molecule has 0 atom stereocenters. The smallest absolute Gasteiger partial charge is 0.102 e. The van der Waals surface area contributed by atoms with Crippen LogP contribution in [-0.2, 0) is 6.54 Å². The first kappa shape index (κ1) is 9.84. The van der Waals surface area contributed by atoms with Crippen molar-refractivity contribution in [1.29, 1.82) is 5.26 Å². The minimum Gasteiger partial charge on any atom is -0.326 e. The first-order valence-electron chi connectivity index (χ1n) is 4.49. The number of nitrogens with two attached hydrogens (primary N) is 1. The molecule has 74 valence electrons. The summed E-state index contributed by atoms with van der Waals surface area (Å²) in [6.45, 7) is 0.530. The highest BCUT2D eigenvalue weighted by Gasteiger charge is 2.07. The van der Waals surface area contributed by atoms with Gasteiger partial charge in [0, 0.05) is 17.5 Å². The fourth-order valence-corrected chi connectivity index (χ4v) is 1.95. The SMILES string of the molecule is N#Cc1csnc1-c1ccc(CN)cc1. The van der Waals surface area contributed by atoms with Gasteiger partial charge in [0.05, 0.1) is 5.56 Å². The minimum absolute atomic E-state index is 0.530. The van der Waals surface area contributed by atoms with E-state index >= 15 is 0 Å². The summed E-state index contributed by atoms with van der Waals surface area (Å²) < 4.78 is 4.20. The average Bonchev–Trinajstić information content (AvgIpc) is 2.77. The van der Waals surface area contributed by atoms with Gasteiger partial charge in [-0.15, -0.1) is 0 Å². The minimum atomic E-state index is 0.530. The lowest BCUT2D eigenvalue weighted by molar-refractivity contribution is 1.07. The molecule has 0 unspecified atom stereocenters. The van der Waals surface area contributed by atoms with Gasteiger partial charge in [0.15, 0.2) is 0 Å². The second-order valence-electron chi connectivity index (χ2n) is 3.09. The van der Waals surface area contributed by atoms with E-state index in [-0.39, 0.29) is 0 Å². The van der Waals surface area contributed by atoms with Gasteiger partial charge >= 0.3 is 0 Å². The summed E-state index contributed by atoms with van der Waals surface area (Å²) in [4.78, 5) is 0. The molecule has 0 aliphatic carbocycles. The number of hydrogen-bond donors (Lipinski definition) is 1. The fourth-order valence-electron chi connectivity index (χ4n) is 1.32. The maximum absolute atomic E-state index is 8.87. The lowest BCUT2D eigenvalue weighted by Crippen LogP contribution is -1.95. The maximum Gasteiger partial charge on any atom is 0.102 e. The van der Waals surface area contributed by atoms with Crippen LogP contribution in [0.15, 0.2) is 29.6 Å². The van der Waals surface area contributed by atoms with Crippen molar-refractivity contribution in [2.75, 3.05) is 0 Å². The second-order valence-corrected chi connectivity index (χ2v) is 3.72. The Balaban J connectivity index is 2.42. The Labute approximate surface area is 92.0 Å². The van der Waals surface area contributed by atoms with Gasteiger partial charge in [-0.05, 0) is 17.1 Å². The van der Waals surface area contributed by atoms with Crippen molar-refractivity contribution in [2.24, 2.45) is 5.73 Å². The van der Waals surface area contributed by atoms with E-state index in [0.717, 1.165) is 16.8 Å². The van der Waals surface area contributed by atoms with Crippen LogP contribution in [0.3, 0.4) is 0 Å². The Bertz CT molecular complexity index is 493. The molecule has 1 aromatic heterocycles. The van der Waals surface area contributed by atoms with Crippen LogP contribution in [0.25, 0.3) is 11.3 Å². The highest BCUT2D eigenvalue weighted by molar-refractivity contribution is 7.04. The van der Waals surface area contributed by atoms with Crippen LogP contribution in [0.2, 0.25) is 0 Å². The van der Waals surface area contributed by atoms with E-state index in [1.54, 1.807) is 5.38 Å². The molecule has 0 fully saturated rings. The first-order valence-corrected chi connectivity index (χ1v) is 5.32. The molecule has 2 N–H and O–H groups in total. The maximum atomic E-state index is 8.87. The lowest BCUT2D eigenvalue weighted by atomic mass is 10.1. The van der Waals surface area contributed by atoms with E-state index in [4.69, 9.17) is 11.0 Å². The van der Waals surface area contributed by atoms with Crippen molar-refractivity contribution < 1.29 is 0 Å². The Kier molecular flexibility index (Phi) is 2.77. The average molecular weight is 215 g/mol. The molecule has 0 saturated carbocycles. The van der Waals surface area contributed by atoms with Crippen molar-refractivity contribution in [3.63, 3.8) is 0 Å². The van der Waals surface area contributed by atoms with E-state index in [0.29, 0.717) is 12.1 Å². The van der Waals surface area contributed by atoms with Gasteiger partial charge in [0.1, 0.15) is 11.8 Å². The first-order chi connectivity index (χ1) is 7.35. The van der Waals surface area contributed by atoms with Crippen molar-refractivity contribution in [3.05, 3.63) is 40.8 Å². The Hall–Kier alpha value is -1.70. The lowest BCUT2D eigenvalue weighted by Gasteiger charge is -1.99. The van der Waals surface area contributed by atoms with Gasteiger partial charge in [-0.25, -0.2) is 0 Å². The van der Waals surface area contributed by atoms with Crippen molar-refractivity contribution in [2.45, 2.75) is 6.54 Å². The Morgan fingerprint density at radius 2 is 2.07 bits per heavy atom.